The van der Waals surface area contributed by atoms with Crippen molar-refractivity contribution in [3.05, 3.63) is 41.2 Å². The van der Waals surface area contributed by atoms with Gasteiger partial charge in [-0.1, -0.05) is 37.1 Å². The second-order valence-electron chi connectivity index (χ2n) is 5.74. The van der Waals surface area contributed by atoms with Gasteiger partial charge in [-0.3, -0.25) is 0 Å². The lowest BCUT2D eigenvalue weighted by Crippen LogP contribution is -2.15. The van der Waals surface area contributed by atoms with Crippen LogP contribution in [0.15, 0.2) is 24.3 Å². The highest BCUT2D eigenvalue weighted by atomic mass is 15.4. The number of nitrogens with zero attached hydrogens (tertiary/aromatic N) is 4. The Bertz CT molecular complexity index is 644. The summed E-state index contributed by atoms with van der Waals surface area (Å²) >= 11 is 0. The first kappa shape index (κ1) is 13.8. The Kier molecular flexibility index (Phi) is 4.01. The van der Waals surface area contributed by atoms with Crippen LogP contribution < -0.4 is 0 Å². The van der Waals surface area contributed by atoms with Crippen molar-refractivity contribution in [3.8, 4) is 11.8 Å². The molecule has 0 unspecified atom stereocenters. The molecule has 1 aliphatic carbocycles. The van der Waals surface area contributed by atoms with E-state index in [-0.39, 0.29) is 0 Å². The highest BCUT2D eigenvalue weighted by molar-refractivity contribution is 5.40. The molecule has 4 heteroatoms. The van der Waals surface area contributed by atoms with Crippen molar-refractivity contribution in [1.82, 2.24) is 15.0 Å². The van der Waals surface area contributed by atoms with E-state index in [9.17, 15) is 5.26 Å². The molecule has 1 aromatic carbocycles. The number of benzene rings is 1. The Morgan fingerprint density at radius 3 is 2.62 bits per heavy atom. The van der Waals surface area contributed by atoms with Crippen LogP contribution in [0.25, 0.3) is 5.69 Å². The maximum Gasteiger partial charge on any atom is 0.186 e. The zero-order chi connectivity index (χ0) is 14.7. The largest absolute Gasteiger partial charge is 0.216 e. The van der Waals surface area contributed by atoms with Gasteiger partial charge in [0, 0.05) is 5.92 Å². The van der Waals surface area contributed by atoms with E-state index in [1.165, 1.54) is 24.8 Å². The fraction of sp³-hybridized carbons (Fsp3) is 0.471. The average Bonchev–Trinajstić information content (AvgIpc) is 2.87. The third-order valence-electron chi connectivity index (χ3n) is 4.30. The van der Waals surface area contributed by atoms with Crippen molar-refractivity contribution in [3.63, 3.8) is 0 Å². The van der Waals surface area contributed by atoms with Gasteiger partial charge in [-0.2, -0.15) is 5.26 Å². The van der Waals surface area contributed by atoms with Crippen molar-refractivity contribution < 1.29 is 0 Å². The number of aryl methyl sites for hydroxylation is 1. The second-order valence-corrected chi connectivity index (χ2v) is 5.74. The molecule has 108 valence electrons. The van der Waals surface area contributed by atoms with Gasteiger partial charge in [0.15, 0.2) is 5.69 Å². The molecule has 0 amide bonds. The number of hydrogen-bond donors (Lipinski definition) is 0. The molecule has 1 aliphatic rings. The van der Waals surface area contributed by atoms with Crippen LogP contribution in [0.4, 0.5) is 0 Å². The molecule has 21 heavy (non-hydrogen) atoms. The number of aromatic nitrogens is 3. The predicted octanol–water partition coefficient (Wildman–Crippen LogP) is 3.75. The van der Waals surface area contributed by atoms with E-state index < -0.39 is 0 Å². The third kappa shape index (κ3) is 2.69. The molecule has 0 bridgehead atoms. The Labute approximate surface area is 125 Å². The van der Waals surface area contributed by atoms with Crippen LogP contribution in [0.2, 0.25) is 0 Å². The molecule has 0 spiro atoms. The fourth-order valence-electron chi connectivity index (χ4n) is 2.79. The zero-order valence-electron chi connectivity index (χ0n) is 12.4. The van der Waals surface area contributed by atoms with Crippen molar-refractivity contribution in [2.45, 2.75) is 51.4 Å². The molecule has 2 aromatic rings. The smallest absolute Gasteiger partial charge is 0.186 e. The minimum absolute atomic E-state index is 0.439. The summed E-state index contributed by atoms with van der Waals surface area (Å²) in [6, 6.07) is 10.7. The molecular formula is C17H20N4. The summed E-state index contributed by atoms with van der Waals surface area (Å²) in [6.45, 7) is 2.21. The minimum Gasteiger partial charge on any atom is -0.216 e. The molecule has 1 fully saturated rings. The highest BCUT2D eigenvalue weighted by Crippen LogP contribution is 2.38. The van der Waals surface area contributed by atoms with Gasteiger partial charge < -0.3 is 0 Å². The first-order valence-corrected chi connectivity index (χ1v) is 7.78. The topological polar surface area (TPSA) is 54.5 Å². The number of nitriles is 1. The third-order valence-corrected chi connectivity index (χ3v) is 4.30. The van der Waals surface area contributed by atoms with Gasteiger partial charge in [0.05, 0.1) is 11.4 Å². The summed E-state index contributed by atoms with van der Waals surface area (Å²) in [5.41, 5.74) is 3.83. The van der Waals surface area contributed by atoms with E-state index in [1.54, 1.807) is 0 Å². The summed E-state index contributed by atoms with van der Waals surface area (Å²) in [4.78, 5) is 0. The molecule has 4 nitrogen and oxygen atoms in total. The van der Waals surface area contributed by atoms with Gasteiger partial charge in [0.25, 0.3) is 0 Å². The first-order valence-electron chi connectivity index (χ1n) is 7.78. The lowest BCUT2D eigenvalue weighted by Gasteiger charge is -2.25. The van der Waals surface area contributed by atoms with Crippen molar-refractivity contribution >= 4 is 0 Å². The summed E-state index contributed by atoms with van der Waals surface area (Å²) in [5.74, 6) is 0.439. The lowest BCUT2D eigenvalue weighted by atomic mass is 9.82. The van der Waals surface area contributed by atoms with Gasteiger partial charge in [-0.15, -0.1) is 5.10 Å². The van der Waals surface area contributed by atoms with Crippen LogP contribution in [0.1, 0.15) is 61.9 Å². The lowest BCUT2D eigenvalue weighted by molar-refractivity contribution is 0.402. The van der Waals surface area contributed by atoms with Gasteiger partial charge in [0.2, 0.25) is 0 Å². The van der Waals surface area contributed by atoms with Crippen molar-refractivity contribution in [2.24, 2.45) is 0 Å². The maximum absolute atomic E-state index is 9.22. The van der Waals surface area contributed by atoms with Crippen LogP contribution in [0, 0.1) is 11.3 Å². The van der Waals surface area contributed by atoms with E-state index >= 15 is 0 Å². The van der Waals surface area contributed by atoms with E-state index in [2.05, 4.69) is 47.6 Å². The van der Waals surface area contributed by atoms with Crippen LogP contribution in [0.3, 0.4) is 0 Å². The Morgan fingerprint density at radius 1 is 1.29 bits per heavy atom. The number of hydrogen-bond acceptors (Lipinski definition) is 3. The van der Waals surface area contributed by atoms with Crippen molar-refractivity contribution in [1.29, 1.82) is 5.26 Å². The van der Waals surface area contributed by atoms with E-state index in [0.29, 0.717) is 11.6 Å². The Balaban J connectivity index is 1.89. The summed E-state index contributed by atoms with van der Waals surface area (Å²) in [7, 11) is 0. The van der Waals surface area contributed by atoms with Crippen LogP contribution in [-0.2, 0) is 6.42 Å². The standard InChI is InChI=1S/C17H20N4/c1-2-3-5-13-8-10-15(11-9-13)21-17(14-6-4-7-14)16(12-18)19-20-21/h8-11,14H,2-7H2,1H3. The Morgan fingerprint density at radius 2 is 2.05 bits per heavy atom. The van der Waals surface area contributed by atoms with Crippen LogP contribution in [0.5, 0.6) is 0 Å². The van der Waals surface area contributed by atoms with E-state index in [1.807, 2.05) is 4.68 Å². The first-order chi connectivity index (χ1) is 10.3. The SMILES string of the molecule is CCCCc1ccc(-n2nnc(C#N)c2C2CCC2)cc1. The zero-order valence-corrected chi connectivity index (χ0v) is 12.4. The average molecular weight is 280 g/mol. The van der Waals surface area contributed by atoms with Gasteiger partial charge in [-0.05, 0) is 43.4 Å². The molecule has 3 rings (SSSR count). The highest BCUT2D eigenvalue weighted by Gasteiger charge is 2.28. The molecule has 1 aromatic heterocycles. The number of unbranched alkanes of at least 4 members (excludes halogenated alkanes) is 1. The molecule has 0 N–H and O–H groups in total. The summed E-state index contributed by atoms with van der Waals surface area (Å²) in [5, 5.41) is 17.5. The van der Waals surface area contributed by atoms with E-state index in [0.717, 1.165) is 30.6 Å². The molecular weight excluding hydrogens is 260 g/mol. The summed E-state index contributed by atoms with van der Waals surface area (Å²) < 4.78 is 1.85. The van der Waals surface area contributed by atoms with Crippen LogP contribution >= 0.6 is 0 Å². The quantitative estimate of drug-likeness (QED) is 0.838. The van der Waals surface area contributed by atoms with E-state index in [4.69, 9.17) is 0 Å². The molecule has 0 saturated heterocycles. The molecule has 0 aliphatic heterocycles. The minimum atomic E-state index is 0.439. The normalized spacial score (nSPS) is 14.7. The molecule has 0 radical (unpaired) electrons. The molecule has 0 atom stereocenters. The molecule has 1 saturated carbocycles. The maximum atomic E-state index is 9.22. The molecule has 1 heterocycles. The Hall–Kier alpha value is -2.15. The van der Waals surface area contributed by atoms with Crippen molar-refractivity contribution in [2.75, 3.05) is 0 Å². The fourth-order valence-corrected chi connectivity index (χ4v) is 2.79. The van der Waals surface area contributed by atoms with Gasteiger partial charge in [-0.25, -0.2) is 4.68 Å². The summed E-state index contributed by atoms with van der Waals surface area (Å²) in [6.07, 6.45) is 7.05. The van der Waals surface area contributed by atoms with Crippen LogP contribution in [-0.4, -0.2) is 15.0 Å². The second kappa shape index (κ2) is 6.09. The van der Waals surface area contributed by atoms with Gasteiger partial charge >= 0.3 is 0 Å². The monoisotopic (exact) mass is 280 g/mol. The predicted molar refractivity (Wildman–Crippen MR) is 81.3 cm³/mol. The number of rotatable bonds is 5. The van der Waals surface area contributed by atoms with Gasteiger partial charge in [0.1, 0.15) is 6.07 Å².